The molecule has 3 heterocycles. The molecule has 0 saturated carbocycles. The molecule has 6 nitrogen and oxygen atoms in total. The molecule has 1 aliphatic rings. The molecule has 0 bridgehead atoms. The van der Waals surface area contributed by atoms with Crippen LogP contribution in [0.4, 0.5) is 23.9 Å². The minimum Gasteiger partial charge on any atom is -0.465 e. The number of hydrogen-bond acceptors (Lipinski definition) is 7. The van der Waals surface area contributed by atoms with Crippen molar-refractivity contribution in [2.24, 2.45) is 11.3 Å². The molecular weight excluding hydrogens is 499 g/mol. The number of anilines is 2. The van der Waals surface area contributed by atoms with Crippen LogP contribution in [0.2, 0.25) is 0 Å². The maximum Gasteiger partial charge on any atom is 0.433 e. The maximum absolute atomic E-state index is 13.2. The van der Waals surface area contributed by atoms with Crippen LogP contribution < -0.4 is 11.1 Å². The van der Waals surface area contributed by atoms with Crippen molar-refractivity contribution in [1.29, 1.82) is 0 Å². The average molecular weight is 526 g/mol. The van der Waals surface area contributed by atoms with E-state index < -0.39 is 23.7 Å². The zero-order chi connectivity index (χ0) is 25.9. The highest BCUT2D eigenvalue weighted by Crippen LogP contribution is 2.45. The number of ether oxygens (including phenoxy) is 1. The van der Waals surface area contributed by atoms with E-state index in [2.05, 4.69) is 31.1 Å². The Morgan fingerprint density at radius 3 is 2.51 bits per heavy atom. The summed E-state index contributed by atoms with van der Waals surface area (Å²) in [6.07, 6.45) is -2.21. The topological polar surface area (TPSA) is 94.3 Å². The predicted molar refractivity (Wildman–Crippen MR) is 132 cm³/mol. The van der Waals surface area contributed by atoms with Gasteiger partial charge in [0.1, 0.15) is 20.4 Å². The molecule has 1 amide bonds. The molecular formula is C24H26F3N3O3S2. The number of amides is 1. The third-order valence-corrected chi connectivity index (χ3v) is 8.77. The number of carbonyl (C=O) groups excluding carboxylic acids is 2. The Hall–Kier alpha value is -2.66. The first-order chi connectivity index (χ1) is 16.2. The number of thiophene rings is 2. The van der Waals surface area contributed by atoms with Crippen molar-refractivity contribution in [3.63, 3.8) is 0 Å². The summed E-state index contributed by atoms with van der Waals surface area (Å²) in [6.45, 7) is 8.05. The number of nitrogens with one attached hydrogen (secondary N) is 1. The Kier molecular flexibility index (Phi) is 6.38. The number of rotatable bonds is 3. The standard InChI is InChI=1S/C24H26F3N3O3S2/c1-10-8-14(24(25,26)27)29-20-15(10)17(28)18(35-20)19(31)30-21-16(22(32)33-5)12-7-6-11(23(2,3)4)9-13(12)34-21/h8,11H,6-7,9,28H2,1-5H3,(H,30,31)/t11-/m0/s1. The highest BCUT2D eigenvalue weighted by Gasteiger charge is 2.36. The number of fused-ring (bicyclic) bond motifs is 2. The molecule has 0 fully saturated rings. The van der Waals surface area contributed by atoms with Crippen LogP contribution in [-0.4, -0.2) is 24.0 Å². The van der Waals surface area contributed by atoms with Gasteiger partial charge < -0.3 is 15.8 Å². The minimum atomic E-state index is -4.61. The number of nitrogen functional groups attached to an aromatic ring is 1. The van der Waals surface area contributed by atoms with Gasteiger partial charge in [-0.25, -0.2) is 9.78 Å². The van der Waals surface area contributed by atoms with Crippen LogP contribution in [0, 0.1) is 18.3 Å². The third-order valence-electron chi connectivity index (χ3n) is 6.50. The fourth-order valence-electron chi connectivity index (χ4n) is 4.52. The number of pyridine rings is 1. The summed E-state index contributed by atoms with van der Waals surface area (Å²) in [6, 6.07) is 0.918. The van der Waals surface area contributed by atoms with E-state index in [1.807, 2.05) is 0 Å². The van der Waals surface area contributed by atoms with Crippen LogP contribution in [-0.2, 0) is 23.8 Å². The summed E-state index contributed by atoms with van der Waals surface area (Å²) in [5.41, 5.74) is 6.81. The molecule has 35 heavy (non-hydrogen) atoms. The number of esters is 1. The predicted octanol–water partition coefficient (Wildman–Crippen LogP) is 6.46. The Balaban J connectivity index is 1.72. The van der Waals surface area contributed by atoms with Gasteiger partial charge in [-0.1, -0.05) is 20.8 Å². The molecule has 0 saturated heterocycles. The van der Waals surface area contributed by atoms with Gasteiger partial charge in [0, 0.05) is 10.3 Å². The van der Waals surface area contributed by atoms with Gasteiger partial charge in [-0.3, -0.25) is 4.79 Å². The first kappa shape index (κ1) is 25.4. The van der Waals surface area contributed by atoms with Crippen LogP contribution in [0.5, 0.6) is 0 Å². The first-order valence-corrected chi connectivity index (χ1v) is 12.7. The van der Waals surface area contributed by atoms with Gasteiger partial charge in [0.05, 0.1) is 18.4 Å². The lowest BCUT2D eigenvalue weighted by molar-refractivity contribution is -0.141. The minimum absolute atomic E-state index is 0.0339. The summed E-state index contributed by atoms with van der Waals surface area (Å²) >= 11 is 2.13. The number of nitrogens with two attached hydrogens (primary N) is 1. The van der Waals surface area contributed by atoms with Gasteiger partial charge in [0.15, 0.2) is 0 Å². The van der Waals surface area contributed by atoms with Gasteiger partial charge in [-0.05, 0) is 54.7 Å². The molecule has 3 aromatic rings. The van der Waals surface area contributed by atoms with Crippen molar-refractivity contribution in [3.05, 3.63) is 38.2 Å². The van der Waals surface area contributed by atoms with Crippen molar-refractivity contribution in [2.75, 3.05) is 18.2 Å². The number of nitrogens with zero attached hydrogens (tertiary/aromatic N) is 1. The Morgan fingerprint density at radius 1 is 1.23 bits per heavy atom. The summed E-state index contributed by atoms with van der Waals surface area (Å²) in [7, 11) is 1.29. The average Bonchev–Trinajstić information content (AvgIpc) is 3.28. The van der Waals surface area contributed by atoms with E-state index in [1.54, 1.807) is 0 Å². The first-order valence-electron chi connectivity index (χ1n) is 11.0. The van der Waals surface area contributed by atoms with Gasteiger partial charge in [-0.2, -0.15) is 13.2 Å². The van der Waals surface area contributed by atoms with Crippen LogP contribution in [0.15, 0.2) is 6.07 Å². The van der Waals surface area contributed by atoms with Crippen LogP contribution >= 0.6 is 22.7 Å². The highest BCUT2D eigenvalue weighted by atomic mass is 32.1. The number of carbonyl (C=O) groups is 2. The molecule has 0 radical (unpaired) electrons. The largest absolute Gasteiger partial charge is 0.465 e. The third kappa shape index (κ3) is 4.63. The van der Waals surface area contributed by atoms with E-state index in [1.165, 1.54) is 25.4 Å². The van der Waals surface area contributed by atoms with E-state index in [9.17, 15) is 22.8 Å². The van der Waals surface area contributed by atoms with Gasteiger partial charge >= 0.3 is 12.1 Å². The van der Waals surface area contributed by atoms with Crippen LogP contribution in [0.3, 0.4) is 0 Å². The van der Waals surface area contributed by atoms with E-state index in [0.717, 1.165) is 40.7 Å². The lowest BCUT2D eigenvalue weighted by Crippen LogP contribution is -2.26. The Bertz CT molecular complexity index is 1340. The zero-order valence-electron chi connectivity index (χ0n) is 20.0. The zero-order valence-corrected chi connectivity index (χ0v) is 21.6. The lowest BCUT2D eigenvalue weighted by atomic mass is 9.72. The molecule has 1 aliphatic carbocycles. The number of halogens is 3. The SMILES string of the molecule is COC(=O)c1c(NC(=O)c2sc3nc(C(F)(F)F)cc(C)c3c2N)sc2c1CC[C@H](C(C)(C)C)C2. The number of methoxy groups -OCH3 is 1. The molecule has 0 unspecified atom stereocenters. The van der Waals surface area contributed by atoms with Gasteiger partial charge in [0.25, 0.3) is 5.91 Å². The molecule has 3 aromatic heterocycles. The molecule has 1 atom stereocenters. The molecule has 3 N–H and O–H groups in total. The smallest absolute Gasteiger partial charge is 0.433 e. The summed E-state index contributed by atoms with van der Waals surface area (Å²) in [4.78, 5) is 30.7. The Morgan fingerprint density at radius 2 is 1.91 bits per heavy atom. The fraction of sp³-hybridized carbons (Fsp3) is 0.458. The van der Waals surface area contributed by atoms with Crippen molar-refractivity contribution >= 4 is 55.5 Å². The molecule has 188 valence electrons. The summed E-state index contributed by atoms with van der Waals surface area (Å²) in [5, 5.41) is 3.46. The molecule has 11 heteroatoms. The molecule has 0 spiro atoms. The quantitative estimate of drug-likeness (QED) is 0.383. The second-order valence-electron chi connectivity index (χ2n) is 9.81. The van der Waals surface area contributed by atoms with E-state index >= 15 is 0 Å². The van der Waals surface area contributed by atoms with Crippen molar-refractivity contribution < 1.29 is 27.5 Å². The number of aryl methyl sites for hydroxylation is 1. The monoisotopic (exact) mass is 525 g/mol. The van der Waals surface area contributed by atoms with Crippen LogP contribution in [0.1, 0.15) is 68.9 Å². The number of hydrogen-bond donors (Lipinski definition) is 2. The number of aromatic nitrogens is 1. The van der Waals surface area contributed by atoms with E-state index in [0.29, 0.717) is 28.3 Å². The molecule has 4 rings (SSSR count). The summed E-state index contributed by atoms with van der Waals surface area (Å²) in [5.74, 6) is -0.712. The normalized spacial score (nSPS) is 16.3. The lowest BCUT2D eigenvalue weighted by Gasteiger charge is -2.33. The second kappa shape index (κ2) is 8.77. The van der Waals surface area contributed by atoms with Crippen LogP contribution in [0.25, 0.3) is 10.2 Å². The highest BCUT2D eigenvalue weighted by molar-refractivity contribution is 7.21. The van der Waals surface area contributed by atoms with Gasteiger partial charge in [-0.15, -0.1) is 22.7 Å². The van der Waals surface area contributed by atoms with E-state index in [-0.39, 0.29) is 26.4 Å². The van der Waals surface area contributed by atoms with E-state index in [4.69, 9.17) is 10.5 Å². The summed E-state index contributed by atoms with van der Waals surface area (Å²) < 4.78 is 44.6. The van der Waals surface area contributed by atoms with Gasteiger partial charge in [0.2, 0.25) is 0 Å². The number of alkyl halides is 3. The fourth-order valence-corrected chi connectivity index (χ4v) is 6.89. The van der Waals surface area contributed by atoms with Crippen molar-refractivity contribution in [2.45, 2.75) is 53.1 Å². The second-order valence-corrected chi connectivity index (χ2v) is 11.9. The molecule has 0 aromatic carbocycles. The van der Waals surface area contributed by atoms with Crippen molar-refractivity contribution in [3.8, 4) is 0 Å². The Labute approximate surface area is 208 Å². The molecule has 0 aliphatic heterocycles. The maximum atomic E-state index is 13.2. The van der Waals surface area contributed by atoms with Crippen molar-refractivity contribution in [1.82, 2.24) is 4.98 Å².